The molecule has 0 unspecified atom stereocenters. The minimum atomic E-state index is -0.468. The van der Waals surface area contributed by atoms with Gasteiger partial charge in [0.25, 0.3) is 0 Å². The van der Waals surface area contributed by atoms with E-state index >= 15 is 0 Å². The third-order valence-corrected chi connectivity index (χ3v) is 4.82. The van der Waals surface area contributed by atoms with E-state index in [0.29, 0.717) is 23.9 Å². The number of aromatic nitrogens is 3. The van der Waals surface area contributed by atoms with Gasteiger partial charge in [0.1, 0.15) is 11.6 Å². The molecule has 4 aromatic rings. The summed E-state index contributed by atoms with van der Waals surface area (Å²) in [6.07, 6.45) is 5.19. The van der Waals surface area contributed by atoms with E-state index in [0.717, 1.165) is 34.9 Å². The predicted octanol–water partition coefficient (Wildman–Crippen LogP) is 5.12. The fraction of sp³-hybridized carbons (Fsp3) is 0.136. The van der Waals surface area contributed by atoms with Gasteiger partial charge in [-0.15, -0.1) is 0 Å². The van der Waals surface area contributed by atoms with Crippen LogP contribution in [0.1, 0.15) is 12.0 Å². The quantitative estimate of drug-likeness (QED) is 0.464. The molecule has 0 fully saturated rings. The summed E-state index contributed by atoms with van der Waals surface area (Å²) in [6, 6.07) is 14.3. The van der Waals surface area contributed by atoms with E-state index in [1.165, 1.54) is 12.1 Å². The van der Waals surface area contributed by atoms with E-state index in [-0.39, 0.29) is 5.02 Å². The van der Waals surface area contributed by atoms with Crippen LogP contribution in [0.15, 0.2) is 60.9 Å². The number of pyridine rings is 1. The summed E-state index contributed by atoms with van der Waals surface area (Å²) in [5.41, 5.74) is 9.04. The van der Waals surface area contributed by atoms with Crippen molar-refractivity contribution in [2.75, 3.05) is 11.9 Å². The van der Waals surface area contributed by atoms with Gasteiger partial charge in [-0.2, -0.15) is 0 Å². The third-order valence-electron chi connectivity index (χ3n) is 4.53. The summed E-state index contributed by atoms with van der Waals surface area (Å²) < 4.78 is 13.5. The minimum Gasteiger partial charge on any atom is -0.340 e. The zero-order chi connectivity index (χ0) is 20.2. The zero-order valence-electron chi connectivity index (χ0n) is 15.6. The maximum atomic E-state index is 13.5. The molecule has 4 rings (SSSR count). The number of benzene rings is 2. The molecule has 5 nitrogen and oxygen atoms in total. The first kappa shape index (κ1) is 19.2. The van der Waals surface area contributed by atoms with E-state index in [1.54, 1.807) is 18.5 Å². The third kappa shape index (κ3) is 4.34. The number of nitrogens with two attached hydrogens (primary N) is 1. The Morgan fingerprint density at radius 3 is 2.72 bits per heavy atom. The molecule has 0 radical (unpaired) electrons. The molecule has 0 amide bonds. The topological polar surface area (TPSA) is 76.7 Å². The summed E-state index contributed by atoms with van der Waals surface area (Å²) in [4.78, 5) is 13.6. The molecule has 0 atom stereocenters. The van der Waals surface area contributed by atoms with Crippen molar-refractivity contribution in [3.63, 3.8) is 0 Å². The van der Waals surface area contributed by atoms with Crippen LogP contribution in [0.25, 0.3) is 22.3 Å². The average molecular weight is 408 g/mol. The number of nitrogens with one attached hydrogen (secondary N) is 1. The number of fused-ring (bicyclic) bond motifs is 1. The predicted molar refractivity (Wildman–Crippen MR) is 115 cm³/mol. The SMILES string of the molecule is NCCCc1ccc2nc(-c3cccnc3)nc(Nc3ccc(F)c(Cl)c3)c2c1. The van der Waals surface area contributed by atoms with E-state index in [2.05, 4.69) is 22.4 Å². The molecule has 146 valence electrons. The van der Waals surface area contributed by atoms with Gasteiger partial charge >= 0.3 is 0 Å². The highest BCUT2D eigenvalue weighted by Crippen LogP contribution is 2.29. The lowest BCUT2D eigenvalue weighted by Crippen LogP contribution is -2.02. The monoisotopic (exact) mass is 407 g/mol. The number of rotatable bonds is 6. The number of anilines is 2. The fourth-order valence-electron chi connectivity index (χ4n) is 3.07. The van der Waals surface area contributed by atoms with Crippen molar-refractivity contribution in [2.24, 2.45) is 5.73 Å². The van der Waals surface area contributed by atoms with Crippen molar-refractivity contribution in [3.05, 3.63) is 77.3 Å². The van der Waals surface area contributed by atoms with Crippen LogP contribution in [-0.4, -0.2) is 21.5 Å². The molecule has 0 aliphatic heterocycles. The van der Waals surface area contributed by atoms with Crippen molar-refractivity contribution in [1.82, 2.24) is 15.0 Å². The first-order valence-electron chi connectivity index (χ1n) is 9.27. The molecule has 0 saturated carbocycles. The van der Waals surface area contributed by atoms with Crippen molar-refractivity contribution in [1.29, 1.82) is 0 Å². The lowest BCUT2D eigenvalue weighted by molar-refractivity contribution is 0.628. The summed E-state index contributed by atoms with van der Waals surface area (Å²) >= 11 is 5.94. The largest absolute Gasteiger partial charge is 0.340 e. The molecule has 0 spiro atoms. The maximum Gasteiger partial charge on any atom is 0.163 e. The summed E-state index contributed by atoms with van der Waals surface area (Å²) in [5, 5.41) is 4.18. The van der Waals surface area contributed by atoms with Crippen LogP contribution in [0.3, 0.4) is 0 Å². The highest BCUT2D eigenvalue weighted by Gasteiger charge is 2.12. The molecule has 7 heteroatoms. The number of nitrogens with zero attached hydrogens (tertiary/aromatic N) is 3. The summed E-state index contributed by atoms with van der Waals surface area (Å²) in [6.45, 7) is 0.633. The smallest absolute Gasteiger partial charge is 0.163 e. The van der Waals surface area contributed by atoms with Gasteiger partial charge in [-0.1, -0.05) is 17.7 Å². The Morgan fingerprint density at radius 2 is 1.97 bits per heavy atom. The van der Waals surface area contributed by atoms with Crippen LogP contribution < -0.4 is 11.1 Å². The maximum absolute atomic E-state index is 13.5. The van der Waals surface area contributed by atoms with Gasteiger partial charge in [-0.05, 0) is 67.4 Å². The fourth-order valence-corrected chi connectivity index (χ4v) is 3.25. The van der Waals surface area contributed by atoms with E-state index in [9.17, 15) is 4.39 Å². The van der Waals surface area contributed by atoms with Crippen molar-refractivity contribution in [2.45, 2.75) is 12.8 Å². The molecule has 0 aliphatic carbocycles. The molecule has 2 aromatic carbocycles. The Bertz CT molecular complexity index is 1150. The molecule has 29 heavy (non-hydrogen) atoms. The second-order valence-electron chi connectivity index (χ2n) is 6.64. The van der Waals surface area contributed by atoms with Crippen molar-refractivity contribution >= 4 is 34.0 Å². The summed E-state index contributed by atoms with van der Waals surface area (Å²) in [5.74, 6) is 0.701. The molecule has 3 N–H and O–H groups in total. The second kappa shape index (κ2) is 8.51. The Hall–Kier alpha value is -3.09. The average Bonchev–Trinajstić information content (AvgIpc) is 2.75. The number of halogens is 2. The molecule has 0 saturated heterocycles. The Balaban J connectivity index is 1.83. The van der Waals surface area contributed by atoms with Gasteiger partial charge in [-0.25, -0.2) is 14.4 Å². The molecule has 2 heterocycles. The van der Waals surface area contributed by atoms with Crippen LogP contribution in [0.5, 0.6) is 0 Å². The number of aryl methyl sites for hydroxylation is 1. The highest BCUT2D eigenvalue weighted by atomic mass is 35.5. The van der Waals surface area contributed by atoms with Crippen LogP contribution in [-0.2, 0) is 6.42 Å². The van der Waals surface area contributed by atoms with Gasteiger partial charge in [-0.3, -0.25) is 4.98 Å². The van der Waals surface area contributed by atoms with E-state index in [4.69, 9.17) is 27.3 Å². The Kier molecular flexibility index (Phi) is 5.64. The number of hydrogen-bond donors (Lipinski definition) is 2. The molecular weight excluding hydrogens is 389 g/mol. The van der Waals surface area contributed by atoms with Crippen LogP contribution in [0.4, 0.5) is 15.9 Å². The molecular formula is C22H19ClFN5. The van der Waals surface area contributed by atoms with Crippen LogP contribution in [0, 0.1) is 5.82 Å². The standard InChI is InChI=1S/C22H19ClFN5/c23-18-12-16(6-7-19(18)24)27-22-17-11-14(3-1-9-25)5-8-20(17)28-21(29-22)15-4-2-10-26-13-15/h2,4-8,10-13H,1,3,9,25H2,(H,27,28,29). The van der Waals surface area contributed by atoms with Gasteiger partial charge in [0.2, 0.25) is 0 Å². The number of hydrogen-bond acceptors (Lipinski definition) is 5. The molecule has 0 bridgehead atoms. The Morgan fingerprint density at radius 1 is 1.07 bits per heavy atom. The van der Waals surface area contributed by atoms with E-state index in [1.807, 2.05) is 18.2 Å². The first-order chi connectivity index (χ1) is 14.1. The first-order valence-corrected chi connectivity index (χ1v) is 9.65. The van der Waals surface area contributed by atoms with Gasteiger partial charge < -0.3 is 11.1 Å². The van der Waals surface area contributed by atoms with Gasteiger partial charge in [0.15, 0.2) is 5.82 Å². The van der Waals surface area contributed by atoms with Crippen LogP contribution >= 0.6 is 11.6 Å². The van der Waals surface area contributed by atoms with Gasteiger partial charge in [0.05, 0.1) is 10.5 Å². The lowest BCUT2D eigenvalue weighted by Gasteiger charge is -2.13. The van der Waals surface area contributed by atoms with Crippen molar-refractivity contribution in [3.8, 4) is 11.4 Å². The highest BCUT2D eigenvalue weighted by molar-refractivity contribution is 6.31. The second-order valence-corrected chi connectivity index (χ2v) is 7.04. The molecule has 2 aromatic heterocycles. The summed E-state index contributed by atoms with van der Waals surface area (Å²) in [7, 11) is 0. The van der Waals surface area contributed by atoms with Crippen molar-refractivity contribution < 1.29 is 4.39 Å². The molecule has 0 aliphatic rings. The Labute approximate surface area is 172 Å². The normalized spacial score (nSPS) is 11.0. The van der Waals surface area contributed by atoms with E-state index < -0.39 is 5.82 Å². The van der Waals surface area contributed by atoms with Gasteiger partial charge in [0, 0.05) is 29.0 Å². The van der Waals surface area contributed by atoms with Crippen LogP contribution in [0.2, 0.25) is 5.02 Å². The zero-order valence-corrected chi connectivity index (χ0v) is 16.3. The lowest BCUT2D eigenvalue weighted by atomic mass is 10.1. The minimum absolute atomic E-state index is 0.0458.